The number of Topliss-reactive ketones (excluding diaryl/α,β-unsaturated/α-hetero) is 1. The predicted octanol–water partition coefficient (Wildman–Crippen LogP) is 1.91. The van der Waals surface area contributed by atoms with E-state index in [1.54, 1.807) is 30.3 Å². The molecule has 11 heteroatoms. The van der Waals surface area contributed by atoms with E-state index in [1.165, 1.54) is 12.0 Å². The van der Waals surface area contributed by atoms with Gasteiger partial charge in [-0.1, -0.05) is 0 Å². The summed E-state index contributed by atoms with van der Waals surface area (Å²) in [5.41, 5.74) is 0.879. The van der Waals surface area contributed by atoms with Gasteiger partial charge in [0.15, 0.2) is 23.0 Å². The van der Waals surface area contributed by atoms with Gasteiger partial charge in [-0.3, -0.25) is 14.5 Å². The van der Waals surface area contributed by atoms with E-state index in [-0.39, 0.29) is 31.5 Å². The number of fused-ring (bicyclic) bond motifs is 2. The SMILES string of the molecule is COc1cc([C@H]2C(=C(O)c3ccc4c(c3)OCO4)C(=O)C(=O)N2CCN2CCOCC2)cc2c1OCO2. The molecule has 194 valence electrons. The van der Waals surface area contributed by atoms with Gasteiger partial charge in [0.25, 0.3) is 11.7 Å². The molecule has 4 aliphatic heterocycles. The van der Waals surface area contributed by atoms with E-state index < -0.39 is 17.7 Å². The standard InChI is InChI=1S/C26H26N2O9/c1-32-19-11-16(12-20-25(19)37-14-36-20)22-21(23(29)15-2-3-17-18(10-15)35-13-34-17)24(30)26(31)28(22)5-4-27-6-8-33-9-7-27/h2-3,10-12,22,29H,4-9,13-14H2,1H3/t22-/m0/s1. The summed E-state index contributed by atoms with van der Waals surface area (Å²) in [5.74, 6) is 0.546. The molecule has 0 saturated carbocycles. The molecule has 1 N–H and O–H groups in total. The second-order valence-corrected chi connectivity index (χ2v) is 8.97. The van der Waals surface area contributed by atoms with E-state index >= 15 is 0 Å². The van der Waals surface area contributed by atoms with Gasteiger partial charge in [-0.2, -0.15) is 0 Å². The van der Waals surface area contributed by atoms with Crippen molar-refractivity contribution < 1.29 is 43.1 Å². The minimum atomic E-state index is -0.866. The van der Waals surface area contributed by atoms with Crippen molar-refractivity contribution in [1.82, 2.24) is 9.80 Å². The number of rotatable bonds is 6. The van der Waals surface area contributed by atoms with Crippen LogP contribution in [0.5, 0.6) is 28.7 Å². The average Bonchev–Trinajstić information content (AvgIpc) is 3.65. The lowest BCUT2D eigenvalue weighted by atomic mass is 9.94. The fourth-order valence-corrected chi connectivity index (χ4v) is 5.04. The van der Waals surface area contributed by atoms with Crippen LogP contribution in [0.25, 0.3) is 5.76 Å². The maximum Gasteiger partial charge on any atom is 0.295 e. The minimum Gasteiger partial charge on any atom is -0.507 e. The molecule has 37 heavy (non-hydrogen) atoms. The number of carbonyl (C=O) groups excluding carboxylic acids is 2. The zero-order valence-electron chi connectivity index (χ0n) is 20.2. The highest BCUT2D eigenvalue weighted by atomic mass is 16.7. The van der Waals surface area contributed by atoms with Crippen molar-refractivity contribution in [3.05, 3.63) is 47.0 Å². The molecule has 4 heterocycles. The van der Waals surface area contributed by atoms with E-state index in [1.807, 2.05) is 0 Å². The third-order valence-electron chi connectivity index (χ3n) is 6.94. The van der Waals surface area contributed by atoms with Gasteiger partial charge in [-0.15, -0.1) is 0 Å². The lowest BCUT2D eigenvalue weighted by Crippen LogP contribution is -2.42. The summed E-state index contributed by atoms with van der Waals surface area (Å²) < 4.78 is 32.8. The monoisotopic (exact) mass is 510 g/mol. The van der Waals surface area contributed by atoms with Crippen molar-refractivity contribution >= 4 is 17.4 Å². The Hall–Kier alpha value is -3.96. The van der Waals surface area contributed by atoms with Gasteiger partial charge in [0.2, 0.25) is 19.3 Å². The van der Waals surface area contributed by atoms with Crippen LogP contribution < -0.4 is 23.7 Å². The number of methoxy groups -OCH3 is 1. The lowest BCUT2D eigenvalue weighted by molar-refractivity contribution is -0.140. The number of ether oxygens (including phenoxy) is 6. The lowest BCUT2D eigenvalue weighted by Gasteiger charge is -2.31. The van der Waals surface area contributed by atoms with E-state index in [0.29, 0.717) is 59.6 Å². The van der Waals surface area contributed by atoms with Crippen LogP contribution in [-0.4, -0.2) is 86.7 Å². The van der Waals surface area contributed by atoms with Crippen molar-refractivity contribution in [3.8, 4) is 28.7 Å². The van der Waals surface area contributed by atoms with E-state index in [4.69, 9.17) is 28.4 Å². The maximum atomic E-state index is 13.4. The fraction of sp³-hybridized carbons (Fsp3) is 0.385. The van der Waals surface area contributed by atoms with Crippen LogP contribution in [0.15, 0.2) is 35.9 Å². The molecule has 2 fully saturated rings. The molecule has 0 spiro atoms. The number of hydrogen-bond acceptors (Lipinski definition) is 10. The summed E-state index contributed by atoms with van der Waals surface area (Å²) in [4.78, 5) is 30.4. The molecule has 0 unspecified atom stereocenters. The van der Waals surface area contributed by atoms with Crippen molar-refractivity contribution in [1.29, 1.82) is 0 Å². The first kappa shape index (κ1) is 23.4. The van der Waals surface area contributed by atoms with Crippen LogP contribution in [0.3, 0.4) is 0 Å². The predicted molar refractivity (Wildman–Crippen MR) is 128 cm³/mol. The van der Waals surface area contributed by atoms with Crippen LogP contribution in [0.1, 0.15) is 17.2 Å². The van der Waals surface area contributed by atoms with Gasteiger partial charge in [0.05, 0.1) is 31.9 Å². The molecule has 2 saturated heterocycles. The molecular weight excluding hydrogens is 484 g/mol. The van der Waals surface area contributed by atoms with Crippen LogP contribution >= 0.6 is 0 Å². The van der Waals surface area contributed by atoms with Gasteiger partial charge in [-0.25, -0.2) is 0 Å². The zero-order valence-corrected chi connectivity index (χ0v) is 20.2. The Morgan fingerprint density at radius 1 is 0.973 bits per heavy atom. The van der Waals surface area contributed by atoms with E-state index in [0.717, 1.165) is 13.1 Å². The third kappa shape index (κ3) is 4.09. The Balaban J connectivity index is 1.44. The summed E-state index contributed by atoms with van der Waals surface area (Å²) >= 11 is 0. The zero-order chi connectivity index (χ0) is 25.5. The Kier molecular flexibility index (Phi) is 6.01. The third-order valence-corrected chi connectivity index (χ3v) is 6.94. The van der Waals surface area contributed by atoms with Gasteiger partial charge < -0.3 is 38.4 Å². The second-order valence-electron chi connectivity index (χ2n) is 8.97. The quantitative estimate of drug-likeness (QED) is 0.351. The van der Waals surface area contributed by atoms with Crippen molar-refractivity contribution in [3.63, 3.8) is 0 Å². The number of nitrogens with zero attached hydrogens (tertiary/aromatic N) is 2. The number of aliphatic hydroxyl groups is 1. The van der Waals surface area contributed by atoms with Crippen LogP contribution in [-0.2, 0) is 14.3 Å². The number of benzene rings is 2. The summed E-state index contributed by atoms with van der Waals surface area (Å²) in [6, 6.07) is 7.44. The molecule has 2 aromatic rings. The maximum absolute atomic E-state index is 13.4. The first-order valence-electron chi connectivity index (χ1n) is 12.0. The number of ketones is 1. The van der Waals surface area contributed by atoms with Gasteiger partial charge in [0, 0.05) is 31.7 Å². The van der Waals surface area contributed by atoms with Gasteiger partial charge in [0.1, 0.15) is 5.76 Å². The van der Waals surface area contributed by atoms with Crippen LogP contribution in [0.2, 0.25) is 0 Å². The molecule has 6 rings (SSSR count). The molecule has 0 bridgehead atoms. The average molecular weight is 510 g/mol. The normalized spacial score (nSPS) is 22.1. The van der Waals surface area contributed by atoms with E-state index in [9.17, 15) is 14.7 Å². The highest BCUT2D eigenvalue weighted by molar-refractivity contribution is 6.46. The molecule has 2 aromatic carbocycles. The second kappa shape index (κ2) is 9.49. The molecule has 11 nitrogen and oxygen atoms in total. The van der Waals surface area contributed by atoms with E-state index in [2.05, 4.69) is 4.90 Å². The first-order valence-corrected chi connectivity index (χ1v) is 12.0. The molecule has 1 atom stereocenters. The molecule has 1 amide bonds. The number of morpholine rings is 1. The minimum absolute atomic E-state index is 0.0215. The van der Waals surface area contributed by atoms with Gasteiger partial charge >= 0.3 is 0 Å². The van der Waals surface area contributed by atoms with Crippen molar-refractivity contribution in [2.24, 2.45) is 0 Å². The Labute approximate surface area is 212 Å². The Bertz CT molecular complexity index is 1290. The number of aliphatic hydroxyl groups excluding tert-OH is 1. The molecule has 0 aliphatic carbocycles. The van der Waals surface area contributed by atoms with Crippen LogP contribution in [0.4, 0.5) is 0 Å². The first-order chi connectivity index (χ1) is 18.0. The van der Waals surface area contributed by atoms with Crippen molar-refractivity contribution in [2.75, 3.05) is 60.1 Å². The highest BCUT2D eigenvalue weighted by Gasteiger charge is 2.47. The Morgan fingerprint density at radius 3 is 2.54 bits per heavy atom. The molecule has 0 radical (unpaired) electrons. The Morgan fingerprint density at radius 2 is 1.73 bits per heavy atom. The van der Waals surface area contributed by atoms with Crippen LogP contribution in [0, 0.1) is 0 Å². The number of hydrogen-bond donors (Lipinski definition) is 1. The van der Waals surface area contributed by atoms with Gasteiger partial charge in [-0.05, 0) is 35.9 Å². The smallest absolute Gasteiger partial charge is 0.295 e. The molecule has 4 aliphatic rings. The molecule has 0 aromatic heterocycles. The number of carbonyl (C=O) groups is 2. The molecular formula is C26H26N2O9. The largest absolute Gasteiger partial charge is 0.507 e. The number of amides is 1. The fourth-order valence-electron chi connectivity index (χ4n) is 5.04. The summed E-state index contributed by atoms with van der Waals surface area (Å²) in [6.07, 6.45) is 0. The van der Waals surface area contributed by atoms with Crippen molar-refractivity contribution in [2.45, 2.75) is 6.04 Å². The summed E-state index contributed by atoms with van der Waals surface area (Å²) in [5, 5.41) is 11.4. The highest BCUT2D eigenvalue weighted by Crippen LogP contribution is 2.47. The number of likely N-dealkylation sites (tertiary alicyclic amines) is 1. The summed E-state index contributed by atoms with van der Waals surface area (Å²) in [7, 11) is 1.50. The summed E-state index contributed by atoms with van der Waals surface area (Å²) in [6.45, 7) is 3.65. The topological polar surface area (TPSA) is 116 Å².